The summed E-state index contributed by atoms with van der Waals surface area (Å²) < 4.78 is 40.4. The lowest BCUT2D eigenvalue weighted by atomic mass is 9.97. The summed E-state index contributed by atoms with van der Waals surface area (Å²) >= 11 is 1.63. The second-order valence-electron chi connectivity index (χ2n) is 9.74. The van der Waals surface area contributed by atoms with E-state index in [9.17, 15) is 18.0 Å². The lowest BCUT2D eigenvalue weighted by Gasteiger charge is -2.16. The number of nitrogens with zero attached hydrogens (tertiary/aromatic N) is 4. The van der Waals surface area contributed by atoms with Gasteiger partial charge >= 0.3 is 6.18 Å². The number of hydrogen-bond donors (Lipinski definition) is 1. The Morgan fingerprint density at radius 3 is 2.59 bits per heavy atom. The Labute approximate surface area is 224 Å². The normalized spacial score (nSPS) is 21.2. The van der Waals surface area contributed by atoms with Crippen molar-refractivity contribution < 1.29 is 18.0 Å². The van der Waals surface area contributed by atoms with Gasteiger partial charge in [0.1, 0.15) is 0 Å². The summed E-state index contributed by atoms with van der Waals surface area (Å²) in [5.41, 5.74) is 7.25. The largest absolute Gasteiger partial charge is 0.416 e. The Morgan fingerprint density at radius 1 is 1.16 bits per heavy atom. The zero-order chi connectivity index (χ0) is 25.5. The number of benzene rings is 2. The van der Waals surface area contributed by atoms with E-state index in [1.165, 1.54) is 12.1 Å². The number of nitrogens with two attached hydrogens (primary N) is 1. The molecule has 1 amide bonds. The van der Waals surface area contributed by atoms with Gasteiger partial charge in [-0.05, 0) is 67.4 Å². The van der Waals surface area contributed by atoms with Crippen LogP contribution in [-0.4, -0.2) is 51.0 Å². The number of thioether (sulfide) groups is 1. The van der Waals surface area contributed by atoms with Crippen molar-refractivity contribution in [3.05, 3.63) is 65.2 Å². The summed E-state index contributed by atoms with van der Waals surface area (Å²) in [6.07, 6.45) is -1.15. The van der Waals surface area contributed by atoms with Gasteiger partial charge in [-0.25, -0.2) is 0 Å². The van der Waals surface area contributed by atoms with Gasteiger partial charge in [0, 0.05) is 24.9 Å². The van der Waals surface area contributed by atoms with Crippen LogP contribution in [0.5, 0.6) is 0 Å². The van der Waals surface area contributed by atoms with Crippen LogP contribution in [0, 0.1) is 5.41 Å². The van der Waals surface area contributed by atoms with E-state index in [1.54, 1.807) is 36.0 Å². The molecule has 1 aromatic heterocycles. The van der Waals surface area contributed by atoms with E-state index < -0.39 is 17.6 Å². The van der Waals surface area contributed by atoms with E-state index in [-0.39, 0.29) is 17.8 Å². The fraction of sp³-hybridized carbons (Fsp3) is 0.423. The SMILES string of the molecule is Cl.Cn1c(SCCCN2CC[C@]3(C[C@@H]3c3ccc(C(F)(F)F)cc3)C2)nnc1-c1ccccc1C(N)=O. The van der Waals surface area contributed by atoms with Gasteiger partial charge in [-0.3, -0.25) is 4.79 Å². The van der Waals surface area contributed by atoms with Crippen LogP contribution >= 0.6 is 24.2 Å². The van der Waals surface area contributed by atoms with Crippen LogP contribution in [0.15, 0.2) is 53.7 Å². The Hall–Kier alpha value is -2.56. The average molecular weight is 552 g/mol. The van der Waals surface area contributed by atoms with Gasteiger partial charge in [-0.15, -0.1) is 22.6 Å². The molecule has 1 aliphatic carbocycles. The van der Waals surface area contributed by atoms with E-state index in [4.69, 9.17) is 5.73 Å². The zero-order valence-corrected chi connectivity index (χ0v) is 22.0. The standard InChI is InChI=1S/C26H28F3N5OS.ClH/c1-33-23(20-6-3-2-5-19(20)22(30)35)31-32-24(33)36-14-4-12-34-13-11-25(16-34)15-21(25)17-7-9-18(10-8-17)26(27,28)29;/h2-3,5-10,21H,4,11-16H2,1H3,(H2,30,35);1H/t21-,25+;/m1./s1. The third-order valence-electron chi connectivity index (χ3n) is 7.41. The van der Waals surface area contributed by atoms with Crippen molar-refractivity contribution in [1.29, 1.82) is 0 Å². The van der Waals surface area contributed by atoms with Gasteiger partial charge in [-0.1, -0.05) is 42.1 Å². The van der Waals surface area contributed by atoms with E-state index >= 15 is 0 Å². The highest BCUT2D eigenvalue weighted by Crippen LogP contribution is 2.64. The van der Waals surface area contributed by atoms with Crippen LogP contribution in [0.1, 0.15) is 46.7 Å². The average Bonchev–Trinajstić information content (AvgIpc) is 3.20. The first-order valence-electron chi connectivity index (χ1n) is 12.0. The number of aromatic nitrogens is 3. The molecule has 1 saturated carbocycles. The van der Waals surface area contributed by atoms with Crippen LogP contribution in [0.2, 0.25) is 0 Å². The van der Waals surface area contributed by atoms with Gasteiger partial charge in [0.05, 0.1) is 11.1 Å². The Morgan fingerprint density at radius 2 is 1.89 bits per heavy atom. The number of carbonyl (C=O) groups is 1. The van der Waals surface area contributed by atoms with E-state index in [0.717, 1.165) is 55.4 Å². The van der Waals surface area contributed by atoms with Crippen molar-refractivity contribution >= 4 is 30.1 Å². The van der Waals surface area contributed by atoms with Crippen molar-refractivity contribution in [2.75, 3.05) is 25.4 Å². The van der Waals surface area contributed by atoms with Crippen molar-refractivity contribution in [2.24, 2.45) is 18.2 Å². The lowest BCUT2D eigenvalue weighted by molar-refractivity contribution is -0.137. The molecule has 1 aliphatic heterocycles. The summed E-state index contributed by atoms with van der Waals surface area (Å²) in [5, 5.41) is 9.36. The number of likely N-dealkylation sites (tertiary alicyclic amines) is 1. The predicted octanol–water partition coefficient (Wildman–Crippen LogP) is 5.38. The van der Waals surface area contributed by atoms with E-state index in [0.29, 0.717) is 22.9 Å². The second kappa shape index (κ2) is 10.7. The molecule has 2 fully saturated rings. The van der Waals surface area contributed by atoms with Gasteiger partial charge < -0.3 is 15.2 Å². The number of primary amides is 1. The Bertz CT molecular complexity index is 1270. The summed E-state index contributed by atoms with van der Waals surface area (Å²) in [7, 11) is 1.88. The highest BCUT2D eigenvalue weighted by atomic mass is 35.5. The molecule has 0 unspecified atom stereocenters. The number of halogens is 4. The van der Waals surface area contributed by atoms with Crippen molar-refractivity contribution in [1.82, 2.24) is 19.7 Å². The van der Waals surface area contributed by atoms with Crippen molar-refractivity contribution in [3.8, 4) is 11.4 Å². The van der Waals surface area contributed by atoms with Crippen LogP contribution in [0.4, 0.5) is 13.2 Å². The van der Waals surface area contributed by atoms with Crippen LogP contribution in [0.25, 0.3) is 11.4 Å². The summed E-state index contributed by atoms with van der Waals surface area (Å²) in [6, 6.07) is 12.8. The van der Waals surface area contributed by atoms with Crippen LogP contribution in [0.3, 0.4) is 0 Å². The minimum atomic E-state index is -4.29. The highest BCUT2D eigenvalue weighted by molar-refractivity contribution is 7.99. The molecule has 2 aliphatic rings. The number of amides is 1. The van der Waals surface area contributed by atoms with Crippen molar-refractivity contribution in [2.45, 2.75) is 36.5 Å². The molecule has 0 bridgehead atoms. The lowest BCUT2D eigenvalue weighted by Crippen LogP contribution is -2.23. The smallest absolute Gasteiger partial charge is 0.366 e. The first kappa shape index (κ1) is 27.5. The first-order valence-corrected chi connectivity index (χ1v) is 13.0. The molecule has 198 valence electrons. The molecule has 6 nitrogen and oxygen atoms in total. The predicted molar refractivity (Wildman–Crippen MR) is 140 cm³/mol. The van der Waals surface area contributed by atoms with E-state index in [1.807, 2.05) is 23.7 Å². The zero-order valence-electron chi connectivity index (χ0n) is 20.4. The Kier molecular flexibility index (Phi) is 7.92. The molecule has 2 aromatic carbocycles. The van der Waals surface area contributed by atoms with Gasteiger partial charge in [0.15, 0.2) is 11.0 Å². The molecular weight excluding hydrogens is 523 g/mol. The third kappa shape index (κ3) is 5.66. The molecule has 3 aromatic rings. The second-order valence-corrected chi connectivity index (χ2v) is 10.8. The summed E-state index contributed by atoms with van der Waals surface area (Å²) in [5.74, 6) is 1.35. The van der Waals surface area contributed by atoms with Crippen molar-refractivity contribution in [3.63, 3.8) is 0 Å². The number of hydrogen-bond acceptors (Lipinski definition) is 5. The molecule has 2 N–H and O–H groups in total. The summed E-state index contributed by atoms with van der Waals surface area (Å²) in [6.45, 7) is 3.00. The highest BCUT2D eigenvalue weighted by Gasteiger charge is 2.57. The minimum absolute atomic E-state index is 0. The van der Waals surface area contributed by atoms with Crippen LogP contribution < -0.4 is 5.73 Å². The first-order chi connectivity index (χ1) is 17.2. The quantitative estimate of drug-likeness (QED) is 0.300. The molecule has 5 rings (SSSR count). The molecule has 0 radical (unpaired) electrons. The maximum absolute atomic E-state index is 12.9. The minimum Gasteiger partial charge on any atom is -0.366 e. The third-order valence-corrected chi connectivity index (χ3v) is 8.52. The molecule has 2 heterocycles. The molecule has 1 spiro atoms. The molecule has 2 atom stereocenters. The molecule has 1 saturated heterocycles. The molecular formula is C26H29ClF3N5OS. The summed E-state index contributed by atoms with van der Waals surface area (Å²) in [4.78, 5) is 14.2. The van der Waals surface area contributed by atoms with Gasteiger partial charge in [0.2, 0.25) is 5.91 Å². The maximum atomic E-state index is 12.9. The maximum Gasteiger partial charge on any atom is 0.416 e. The number of alkyl halides is 3. The fourth-order valence-corrected chi connectivity index (χ4v) is 6.20. The monoisotopic (exact) mass is 551 g/mol. The van der Waals surface area contributed by atoms with Gasteiger partial charge in [0.25, 0.3) is 0 Å². The molecule has 11 heteroatoms. The topological polar surface area (TPSA) is 77.0 Å². The van der Waals surface area contributed by atoms with E-state index in [2.05, 4.69) is 15.1 Å². The van der Waals surface area contributed by atoms with Gasteiger partial charge in [-0.2, -0.15) is 13.2 Å². The molecule has 37 heavy (non-hydrogen) atoms. The van der Waals surface area contributed by atoms with Crippen LogP contribution in [-0.2, 0) is 13.2 Å². The Balaban J connectivity index is 0.00000320. The number of carbonyl (C=O) groups excluding carboxylic acids is 1. The number of rotatable bonds is 8. The fourth-order valence-electron chi connectivity index (χ4n) is 5.37.